The van der Waals surface area contributed by atoms with E-state index in [9.17, 15) is 9.59 Å². The molecule has 2 aromatic carbocycles. The summed E-state index contributed by atoms with van der Waals surface area (Å²) in [5.74, 6) is -0.462. The Morgan fingerprint density at radius 1 is 1.19 bits per heavy atom. The van der Waals surface area contributed by atoms with Crippen molar-refractivity contribution in [2.24, 2.45) is 5.73 Å². The average molecular weight is 372 g/mol. The van der Waals surface area contributed by atoms with Crippen molar-refractivity contribution in [3.8, 4) is 11.8 Å². The minimum atomic E-state index is -0.480. The number of ether oxygens (including phenoxy) is 1. The first-order chi connectivity index (χ1) is 12.5. The van der Waals surface area contributed by atoms with E-state index >= 15 is 0 Å². The Balaban J connectivity index is 2.03. The molecule has 0 saturated carbocycles. The first-order valence-electron chi connectivity index (χ1n) is 7.92. The lowest BCUT2D eigenvalue weighted by Crippen LogP contribution is -2.36. The minimum absolute atomic E-state index is 0.0657. The van der Waals surface area contributed by atoms with Gasteiger partial charge in [-0.3, -0.25) is 9.59 Å². The van der Waals surface area contributed by atoms with Gasteiger partial charge in [0.15, 0.2) is 6.61 Å². The van der Waals surface area contributed by atoms with Crippen molar-refractivity contribution in [2.45, 2.75) is 13.0 Å². The van der Waals surface area contributed by atoms with Gasteiger partial charge in [0.25, 0.3) is 5.91 Å². The minimum Gasteiger partial charge on any atom is -0.482 e. The molecule has 2 rings (SSSR count). The highest BCUT2D eigenvalue weighted by Gasteiger charge is 2.16. The van der Waals surface area contributed by atoms with Gasteiger partial charge in [-0.1, -0.05) is 41.9 Å². The van der Waals surface area contributed by atoms with Gasteiger partial charge in [-0.15, -0.1) is 0 Å². The molecular weight excluding hydrogens is 354 g/mol. The van der Waals surface area contributed by atoms with Gasteiger partial charge >= 0.3 is 0 Å². The Labute approximate surface area is 156 Å². The summed E-state index contributed by atoms with van der Waals surface area (Å²) in [6.45, 7) is 0.308. The summed E-state index contributed by atoms with van der Waals surface area (Å²) < 4.78 is 5.47. The van der Waals surface area contributed by atoms with Crippen LogP contribution in [0.5, 0.6) is 5.75 Å². The number of nitrogens with zero attached hydrogens (tertiary/aromatic N) is 2. The van der Waals surface area contributed by atoms with Crippen molar-refractivity contribution in [1.82, 2.24) is 4.90 Å². The molecule has 0 aliphatic carbocycles. The maximum atomic E-state index is 12.5. The fourth-order valence-corrected chi connectivity index (χ4v) is 2.49. The van der Waals surface area contributed by atoms with E-state index in [1.807, 2.05) is 36.4 Å². The summed E-state index contributed by atoms with van der Waals surface area (Å²) in [4.78, 5) is 25.1. The molecule has 0 heterocycles. The number of hydrogen-bond donors (Lipinski definition) is 1. The number of hydrogen-bond acceptors (Lipinski definition) is 4. The number of carbonyl (C=O) groups is 2. The van der Waals surface area contributed by atoms with Crippen molar-refractivity contribution in [3.05, 3.63) is 64.7 Å². The SMILES string of the molecule is N#Cc1ccc(OCC(=O)N(CCC(N)=O)Cc2ccccc2)c(Cl)c1. The quantitative estimate of drug-likeness (QED) is 0.770. The van der Waals surface area contributed by atoms with Crippen LogP contribution in [0, 0.1) is 11.3 Å². The van der Waals surface area contributed by atoms with E-state index in [1.54, 1.807) is 12.1 Å². The molecule has 0 atom stereocenters. The van der Waals surface area contributed by atoms with E-state index in [1.165, 1.54) is 11.0 Å². The summed E-state index contributed by atoms with van der Waals surface area (Å²) >= 11 is 6.04. The van der Waals surface area contributed by atoms with Crippen LogP contribution in [0.2, 0.25) is 5.02 Å². The normalized spacial score (nSPS) is 10.0. The molecule has 2 N–H and O–H groups in total. The largest absolute Gasteiger partial charge is 0.482 e. The van der Waals surface area contributed by atoms with Gasteiger partial charge in [0.05, 0.1) is 16.7 Å². The predicted octanol–water partition coefficient (Wildman–Crippen LogP) is 2.49. The molecule has 0 radical (unpaired) electrons. The number of rotatable bonds is 8. The Kier molecular flexibility index (Phi) is 7.01. The molecule has 6 nitrogen and oxygen atoms in total. The number of amides is 2. The first-order valence-corrected chi connectivity index (χ1v) is 8.30. The van der Waals surface area contributed by atoms with Gasteiger partial charge in [0, 0.05) is 19.5 Å². The Morgan fingerprint density at radius 2 is 1.92 bits per heavy atom. The van der Waals surface area contributed by atoms with Gasteiger partial charge in [-0.25, -0.2) is 0 Å². The van der Waals surface area contributed by atoms with Crippen LogP contribution in [-0.2, 0) is 16.1 Å². The second-order valence-corrected chi connectivity index (χ2v) is 5.97. The van der Waals surface area contributed by atoms with Crippen LogP contribution >= 0.6 is 11.6 Å². The van der Waals surface area contributed by atoms with Crippen molar-refractivity contribution in [2.75, 3.05) is 13.2 Å². The lowest BCUT2D eigenvalue weighted by Gasteiger charge is -2.22. The molecule has 134 valence electrons. The highest BCUT2D eigenvalue weighted by atomic mass is 35.5. The molecule has 7 heteroatoms. The third kappa shape index (κ3) is 5.80. The number of nitriles is 1. The molecule has 0 aliphatic heterocycles. The maximum absolute atomic E-state index is 12.5. The molecule has 0 fully saturated rings. The lowest BCUT2D eigenvalue weighted by atomic mass is 10.2. The molecule has 0 saturated heterocycles. The second kappa shape index (κ2) is 9.44. The van der Waals surface area contributed by atoms with Crippen LogP contribution in [0.3, 0.4) is 0 Å². The van der Waals surface area contributed by atoms with Crippen LogP contribution in [0.4, 0.5) is 0 Å². The number of halogens is 1. The number of benzene rings is 2. The average Bonchev–Trinajstić information content (AvgIpc) is 2.64. The van der Waals surface area contributed by atoms with Crippen molar-refractivity contribution >= 4 is 23.4 Å². The fourth-order valence-electron chi connectivity index (χ4n) is 2.26. The van der Waals surface area contributed by atoms with Crippen LogP contribution in [0.15, 0.2) is 48.5 Å². The third-order valence-electron chi connectivity index (χ3n) is 3.61. The second-order valence-electron chi connectivity index (χ2n) is 5.56. The molecule has 26 heavy (non-hydrogen) atoms. The van der Waals surface area contributed by atoms with E-state index in [-0.39, 0.29) is 30.5 Å². The number of primary amides is 1. The zero-order valence-electron chi connectivity index (χ0n) is 14.0. The maximum Gasteiger partial charge on any atom is 0.260 e. The summed E-state index contributed by atoms with van der Waals surface area (Å²) in [7, 11) is 0. The van der Waals surface area contributed by atoms with Gasteiger partial charge in [-0.2, -0.15) is 5.26 Å². The lowest BCUT2D eigenvalue weighted by molar-refractivity contribution is -0.134. The van der Waals surface area contributed by atoms with E-state index in [2.05, 4.69) is 0 Å². The first kappa shape index (κ1) is 19.3. The molecule has 0 aromatic heterocycles. The van der Waals surface area contributed by atoms with Gasteiger partial charge in [0.2, 0.25) is 5.91 Å². The van der Waals surface area contributed by atoms with Gasteiger partial charge in [-0.05, 0) is 23.8 Å². The Morgan fingerprint density at radius 3 is 2.54 bits per heavy atom. The van der Waals surface area contributed by atoms with Crippen LogP contribution in [-0.4, -0.2) is 29.9 Å². The van der Waals surface area contributed by atoms with Crippen LogP contribution in [0.1, 0.15) is 17.5 Å². The molecule has 0 unspecified atom stereocenters. The number of carbonyl (C=O) groups excluding carboxylic acids is 2. The number of nitrogens with two attached hydrogens (primary N) is 1. The molecule has 0 aliphatic rings. The fraction of sp³-hybridized carbons (Fsp3) is 0.211. The highest BCUT2D eigenvalue weighted by molar-refractivity contribution is 6.32. The molecular formula is C19H18ClN3O3. The molecule has 2 aromatic rings. The summed E-state index contributed by atoms with van der Waals surface area (Å²) in [6, 6.07) is 16.0. The standard InChI is InChI=1S/C19H18ClN3O3/c20-16-10-15(11-21)6-7-17(16)26-13-19(25)23(9-8-18(22)24)12-14-4-2-1-3-5-14/h1-7,10H,8-9,12-13H2,(H2,22,24). The topological polar surface area (TPSA) is 96.4 Å². The Hall–Kier alpha value is -3.04. The summed E-state index contributed by atoms with van der Waals surface area (Å²) in [6.07, 6.45) is 0.0657. The summed E-state index contributed by atoms with van der Waals surface area (Å²) in [5.41, 5.74) is 6.53. The zero-order valence-corrected chi connectivity index (χ0v) is 14.8. The van der Waals surface area contributed by atoms with Crippen molar-refractivity contribution in [1.29, 1.82) is 5.26 Å². The highest BCUT2D eigenvalue weighted by Crippen LogP contribution is 2.25. The molecule has 2 amide bonds. The van der Waals surface area contributed by atoms with E-state index in [4.69, 9.17) is 27.3 Å². The van der Waals surface area contributed by atoms with Gasteiger partial charge < -0.3 is 15.4 Å². The van der Waals surface area contributed by atoms with Gasteiger partial charge in [0.1, 0.15) is 5.75 Å². The molecule has 0 bridgehead atoms. The van der Waals surface area contributed by atoms with E-state index in [0.29, 0.717) is 17.9 Å². The Bertz CT molecular complexity index is 819. The molecule has 0 spiro atoms. The third-order valence-corrected chi connectivity index (χ3v) is 3.90. The monoisotopic (exact) mass is 371 g/mol. The smallest absolute Gasteiger partial charge is 0.260 e. The van der Waals surface area contributed by atoms with E-state index < -0.39 is 5.91 Å². The van der Waals surface area contributed by atoms with E-state index in [0.717, 1.165) is 5.56 Å². The summed E-state index contributed by atoms with van der Waals surface area (Å²) in [5, 5.41) is 9.09. The van der Waals surface area contributed by atoms with Crippen LogP contribution < -0.4 is 10.5 Å². The van der Waals surface area contributed by atoms with Crippen molar-refractivity contribution < 1.29 is 14.3 Å². The predicted molar refractivity (Wildman–Crippen MR) is 97.3 cm³/mol. The van der Waals surface area contributed by atoms with Crippen LogP contribution in [0.25, 0.3) is 0 Å². The zero-order chi connectivity index (χ0) is 18.9. The van der Waals surface area contributed by atoms with Crippen molar-refractivity contribution in [3.63, 3.8) is 0 Å².